The van der Waals surface area contributed by atoms with Crippen molar-refractivity contribution in [3.8, 4) is 0 Å². The first kappa shape index (κ1) is 13.9. The average Bonchev–Trinajstić information content (AvgIpc) is 2.38. The fraction of sp³-hybridized carbons (Fsp3) is 0.600. The molecule has 0 atom stereocenters. The Hall–Kier alpha value is -0.510. The highest BCUT2D eigenvalue weighted by atomic mass is 32.2. The van der Waals surface area contributed by atoms with Crippen molar-refractivity contribution in [3.63, 3.8) is 0 Å². The van der Waals surface area contributed by atoms with Crippen LogP contribution in [0.1, 0.15) is 31.4 Å². The highest BCUT2D eigenvalue weighted by molar-refractivity contribution is 7.99. The van der Waals surface area contributed by atoms with Gasteiger partial charge >= 0.3 is 0 Å². The van der Waals surface area contributed by atoms with Gasteiger partial charge in [0, 0.05) is 17.0 Å². The molecular formula is C15H23NOS. The van der Waals surface area contributed by atoms with Crippen LogP contribution in [0.5, 0.6) is 0 Å². The molecule has 1 heterocycles. The van der Waals surface area contributed by atoms with Crippen LogP contribution in [0, 0.1) is 0 Å². The van der Waals surface area contributed by atoms with E-state index >= 15 is 0 Å². The van der Waals surface area contributed by atoms with Crippen LogP contribution in [-0.2, 0) is 13.0 Å². The van der Waals surface area contributed by atoms with Gasteiger partial charge in [-0.25, -0.2) is 0 Å². The maximum Gasteiger partial charge on any atom is 0.0610 e. The van der Waals surface area contributed by atoms with E-state index < -0.39 is 0 Å². The number of hydrogen-bond acceptors (Lipinski definition) is 3. The van der Waals surface area contributed by atoms with Crippen molar-refractivity contribution in [3.05, 3.63) is 29.3 Å². The van der Waals surface area contributed by atoms with Crippen molar-refractivity contribution < 1.29 is 5.11 Å². The number of likely N-dealkylation sites (N-methyl/N-ethyl adjacent to an activating group) is 1. The molecule has 0 aliphatic carbocycles. The zero-order chi connectivity index (χ0) is 13.2. The summed E-state index contributed by atoms with van der Waals surface area (Å²) in [5.41, 5.74) is 2.68. The monoisotopic (exact) mass is 265 g/mol. The lowest BCUT2D eigenvalue weighted by molar-refractivity contribution is 0.0734. The van der Waals surface area contributed by atoms with Gasteiger partial charge in [-0.1, -0.05) is 12.1 Å². The molecule has 0 unspecified atom stereocenters. The first-order valence-electron chi connectivity index (χ1n) is 6.59. The summed E-state index contributed by atoms with van der Waals surface area (Å²) >= 11 is 1.97. The van der Waals surface area contributed by atoms with E-state index in [0.29, 0.717) is 0 Å². The fourth-order valence-electron chi connectivity index (χ4n) is 2.12. The van der Waals surface area contributed by atoms with Gasteiger partial charge in [0.1, 0.15) is 0 Å². The number of rotatable bonds is 4. The lowest BCUT2D eigenvalue weighted by Gasteiger charge is -2.34. The van der Waals surface area contributed by atoms with E-state index in [9.17, 15) is 5.11 Å². The van der Waals surface area contributed by atoms with E-state index in [-0.39, 0.29) is 12.1 Å². The highest BCUT2D eigenvalue weighted by Crippen LogP contribution is 2.31. The van der Waals surface area contributed by atoms with Crippen LogP contribution in [0.4, 0.5) is 0 Å². The molecule has 1 aromatic rings. The molecule has 0 radical (unpaired) electrons. The van der Waals surface area contributed by atoms with E-state index in [2.05, 4.69) is 44.0 Å². The number of benzene rings is 1. The molecule has 0 fully saturated rings. The molecular weight excluding hydrogens is 242 g/mol. The topological polar surface area (TPSA) is 23.5 Å². The third-order valence-electron chi connectivity index (χ3n) is 3.81. The summed E-state index contributed by atoms with van der Waals surface area (Å²) in [7, 11) is 2.07. The third-order valence-corrected chi connectivity index (χ3v) is 5.02. The summed E-state index contributed by atoms with van der Waals surface area (Å²) < 4.78 is 0. The van der Waals surface area contributed by atoms with Gasteiger partial charge in [-0.2, -0.15) is 0 Å². The fourth-order valence-corrected chi connectivity index (χ4v) is 3.14. The number of aliphatic hydroxyl groups excluding tert-OH is 1. The van der Waals surface area contributed by atoms with Crippen LogP contribution in [0.2, 0.25) is 0 Å². The SMILES string of the molecule is CN(Cc1ccc2c(c1)CCCS2)C(C)(C)CO. The minimum absolute atomic E-state index is 0.162. The first-order valence-corrected chi connectivity index (χ1v) is 7.58. The second-order valence-electron chi connectivity index (χ2n) is 5.72. The summed E-state index contributed by atoms with van der Waals surface area (Å²) in [6.45, 7) is 5.22. The number of nitrogens with zero attached hydrogens (tertiary/aromatic N) is 1. The number of fused-ring (bicyclic) bond motifs is 1. The maximum absolute atomic E-state index is 9.39. The Labute approximate surface area is 114 Å². The molecule has 0 saturated carbocycles. The quantitative estimate of drug-likeness (QED) is 0.905. The van der Waals surface area contributed by atoms with Crippen molar-refractivity contribution in [2.24, 2.45) is 0 Å². The summed E-state index contributed by atoms with van der Waals surface area (Å²) in [5, 5.41) is 9.39. The van der Waals surface area contributed by atoms with Gasteiger partial charge in [-0.3, -0.25) is 4.90 Å². The normalized spacial score (nSPS) is 15.8. The van der Waals surface area contributed by atoms with Crippen molar-refractivity contribution in [2.45, 2.75) is 43.7 Å². The Kier molecular flexibility index (Phi) is 4.36. The molecule has 0 aromatic heterocycles. The molecule has 0 amide bonds. The van der Waals surface area contributed by atoms with E-state index in [1.807, 2.05) is 11.8 Å². The first-order chi connectivity index (χ1) is 8.53. The smallest absolute Gasteiger partial charge is 0.0610 e. The second-order valence-corrected chi connectivity index (χ2v) is 6.86. The Morgan fingerprint density at radius 3 is 2.89 bits per heavy atom. The van der Waals surface area contributed by atoms with Crippen molar-refractivity contribution >= 4 is 11.8 Å². The van der Waals surface area contributed by atoms with E-state index in [1.54, 1.807) is 0 Å². The second kappa shape index (κ2) is 5.64. The number of aliphatic hydroxyl groups is 1. The molecule has 100 valence electrons. The molecule has 1 aliphatic heterocycles. The Morgan fingerprint density at radius 2 is 2.17 bits per heavy atom. The number of thioether (sulfide) groups is 1. The third kappa shape index (κ3) is 3.08. The van der Waals surface area contributed by atoms with Crippen molar-refractivity contribution in [1.82, 2.24) is 4.90 Å². The van der Waals surface area contributed by atoms with Crippen LogP contribution >= 0.6 is 11.8 Å². The van der Waals surface area contributed by atoms with Crippen LogP contribution in [0.3, 0.4) is 0 Å². The molecule has 1 aliphatic rings. The van der Waals surface area contributed by atoms with Gasteiger partial charge in [-0.05, 0) is 56.7 Å². The van der Waals surface area contributed by atoms with Gasteiger partial charge < -0.3 is 5.11 Å². The van der Waals surface area contributed by atoms with Crippen LogP contribution < -0.4 is 0 Å². The average molecular weight is 265 g/mol. The molecule has 2 rings (SSSR count). The zero-order valence-corrected chi connectivity index (χ0v) is 12.4. The molecule has 18 heavy (non-hydrogen) atoms. The zero-order valence-electron chi connectivity index (χ0n) is 11.6. The van der Waals surface area contributed by atoms with Crippen LogP contribution in [0.15, 0.2) is 23.1 Å². The maximum atomic E-state index is 9.39. The van der Waals surface area contributed by atoms with Crippen LogP contribution in [-0.4, -0.2) is 35.0 Å². The minimum Gasteiger partial charge on any atom is -0.394 e. The van der Waals surface area contributed by atoms with Gasteiger partial charge in [0.2, 0.25) is 0 Å². The summed E-state index contributed by atoms with van der Waals surface area (Å²) in [5.74, 6) is 1.25. The summed E-state index contributed by atoms with van der Waals surface area (Å²) in [4.78, 5) is 3.67. The van der Waals surface area contributed by atoms with Gasteiger partial charge in [0.15, 0.2) is 0 Å². The molecule has 3 heteroatoms. The highest BCUT2D eigenvalue weighted by Gasteiger charge is 2.22. The largest absolute Gasteiger partial charge is 0.394 e. The lowest BCUT2D eigenvalue weighted by atomic mass is 10.0. The Balaban J connectivity index is 2.10. The summed E-state index contributed by atoms with van der Waals surface area (Å²) in [6, 6.07) is 6.82. The molecule has 2 nitrogen and oxygen atoms in total. The standard InChI is InChI=1S/C15H23NOS/c1-15(2,11-17)16(3)10-12-6-7-14-13(9-12)5-4-8-18-14/h6-7,9,17H,4-5,8,10-11H2,1-3H3. The van der Waals surface area contributed by atoms with Gasteiger partial charge in [-0.15, -0.1) is 11.8 Å². The van der Waals surface area contributed by atoms with Gasteiger partial charge in [0.05, 0.1) is 6.61 Å². The Bertz CT molecular complexity index is 417. The predicted octanol–water partition coefficient (Wildman–Crippen LogP) is 2.93. The van der Waals surface area contributed by atoms with Crippen molar-refractivity contribution in [2.75, 3.05) is 19.4 Å². The Morgan fingerprint density at radius 1 is 1.39 bits per heavy atom. The number of aryl methyl sites for hydroxylation is 1. The molecule has 1 aromatic carbocycles. The molecule has 0 spiro atoms. The van der Waals surface area contributed by atoms with Gasteiger partial charge in [0.25, 0.3) is 0 Å². The van der Waals surface area contributed by atoms with E-state index in [4.69, 9.17) is 0 Å². The lowest BCUT2D eigenvalue weighted by Crippen LogP contribution is -2.43. The van der Waals surface area contributed by atoms with Crippen molar-refractivity contribution in [1.29, 1.82) is 0 Å². The minimum atomic E-state index is -0.162. The predicted molar refractivity (Wildman–Crippen MR) is 78.1 cm³/mol. The molecule has 0 saturated heterocycles. The van der Waals surface area contributed by atoms with Crippen LogP contribution in [0.25, 0.3) is 0 Å². The van der Waals surface area contributed by atoms with E-state index in [0.717, 1.165) is 6.54 Å². The molecule has 0 bridgehead atoms. The van der Waals surface area contributed by atoms with E-state index in [1.165, 1.54) is 34.6 Å². The number of hydrogen-bond donors (Lipinski definition) is 1. The molecule has 1 N–H and O–H groups in total. The summed E-state index contributed by atoms with van der Waals surface area (Å²) in [6.07, 6.45) is 2.50.